The van der Waals surface area contributed by atoms with Gasteiger partial charge in [-0.1, -0.05) is 12.1 Å². The highest BCUT2D eigenvalue weighted by molar-refractivity contribution is 9.10. The molecule has 14 heavy (non-hydrogen) atoms. The Morgan fingerprint density at radius 2 is 2.00 bits per heavy atom. The SMILES string of the molecule is Cc1ccc2c(N)c(N)cnc2c1Br. The number of aryl methyl sites for hydroxylation is 1. The molecular formula is C10H10BrN3. The molecule has 1 aromatic carbocycles. The number of nitrogen functional groups attached to an aromatic ring is 2. The van der Waals surface area contributed by atoms with E-state index in [1.165, 1.54) is 0 Å². The Bertz CT molecular complexity index is 461. The zero-order valence-corrected chi connectivity index (χ0v) is 9.30. The van der Waals surface area contributed by atoms with Crippen molar-refractivity contribution in [3.63, 3.8) is 0 Å². The second-order valence-corrected chi connectivity index (χ2v) is 4.01. The molecule has 0 bridgehead atoms. The summed E-state index contributed by atoms with van der Waals surface area (Å²) in [5.41, 5.74) is 14.6. The molecule has 0 unspecified atom stereocenters. The molecular weight excluding hydrogens is 242 g/mol. The smallest absolute Gasteiger partial charge is 0.0868 e. The lowest BCUT2D eigenvalue weighted by atomic mass is 10.1. The number of hydrogen-bond donors (Lipinski definition) is 2. The van der Waals surface area contributed by atoms with Gasteiger partial charge in [0.1, 0.15) is 0 Å². The van der Waals surface area contributed by atoms with Crippen LogP contribution in [0.25, 0.3) is 10.9 Å². The van der Waals surface area contributed by atoms with E-state index in [9.17, 15) is 0 Å². The molecule has 2 rings (SSSR count). The Morgan fingerprint density at radius 1 is 1.29 bits per heavy atom. The van der Waals surface area contributed by atoms with Gasteiger partial charge in [0.2, 0.25) is 0 Å². The zero-order chi connectivity index (χ0) is 10.3. The highest BCUT2D eigenvalue weighted by Crippen LogP contribution is 2.31. The number of aromatic nitrogens is 1. The van der Waals surface area contributed by atoms with Crippen molar-refractivity contribution in [2.75, 3.05) is 11.5 Å². The molecule has 4 heteroatoms. The standard InChI is InChI=1S/C10H10BrN3/c1-5-2-3-6-9(13)7(12)4-14-10(6)8(5)11/h2-4H,12H2,1H3,(H2,13,14). The van der Waals surface area contributed by atoms with Gasteiger partial charge in [0.15, 0.2) is 0 Å². The van der Waals surface area contributed by atoms with Crippen molar-refractivity contribution in [3.8, 4) is 0 Å². The van der Waals surface area contributed by atoms with E-state index in [0.29, 0.717) is 11.4 Å². The van der Waals surface area contributed by atoms with Gasteiger partial charge in [-0.15, -0.1) is 0 Å². The van der Waals surface area contributed by atoms with E-state index in [2.05, 4.69) is 20.9 Å². The largest absolute Gasteiger partial charge is 0.396 e. The molecule has 0 spiro atoms. The maximum Gasteiger partial charge on any atom is 0.0868 e. The van der Waals surface area contributed by atoms with Crippen molar-refractivity contribution >= 4 is 38.2 Å². The molecule has 0 aliphatic carbocycles. The van der Waals surface area contributed by atoms with Crippen LogP contribution in [0.5, 0.6) is 0 Å². The number of hydrogen-bond acceptors (Lipinski definition) is 3. The van der Waals surface area contributed by atoms with Gasteiger partial charge in [-0.2, -0.15) is 0 Å². The van der Waals surface area contributed by atoms with Crippen LogP contribution in [-0.2, 0) is 0 Å². The number of anilines is 2. The van der Waals surface area contributed by atoms with Gasteiger partial charge in [0.05, 0.1) is 23.1 Å². The van der Waals surface area contributed by atoms with Gasteiger partial charge in [-0.05, 0) is 28.4 Å². The van der Waals surface area contributed by atoms with Crippen LogP contribution < -0.4 is 11.5 Å². The first-order chi connectivity index (χ1) is 6.61. The Hall–Kier alpha value is -1.29. The second kappa shape index (κ2) is 3.13. The Labute approximate surface area is 90.2 Å². The summed E-state index contributed by atoms with van der Waals surface area (Å²) in [4.78, 5) is 4.25. The molecule has 1 aromatic heterocycles. The molecule has 0 aliphatic rings. The second-order valence-electron chi connectivity index (χ2n) is 3.22. The number of halogens is 1. The van der Waals surface area contributed by atoms with Gasteiger partial charge in [-0.25, -0.2) is 0 Å². The molecule has 0 amide bonds. The van der Waals surface area contributed by atoms with E-state index in [0.717, 1.165) is 20.9 Å². The van der Waals surface area contributed by atoms with Crippen molar-refractivity contribution in [1.29, 1.82) is 0 Å². The summed E-state index contributed by atoms with van der Waals surface area (Å²) in [6, 6.07) is 3.93. The minimum Gasteiger partial charge on any atom is -0.396 e. The van der Waals surface area contributed by atoms with Crippen molar-refractivity contribution in [3.05, 3.63) is 28.4 Å². The zero-order valence-electron chi connectivity index (χ0n) is 7.71. The van der Waals surface area contributed by atoms with Gasteiger partial charge in [-0.3, -0.25) is 4.98 Å². The first-order valence-electron chi connectivity index (χ1n) is 4.20. The summed E-state index contributed by atoms with van der Waals surface area (Å²) in [5.74, 6) is 0. The monoisotopic (exact) mass is 251 g/mol. The van der Waals surface area contributed by atoms with Crippen LogP contribution in [0.1, 0.15) is 5.56 Å². The number of benzene rings is 1. The van der Waals surface area contributed by atoms with E-state index in [4.69, 9.17) is 11.5 Å². The Morgan fingerprint density at radius 3 is 2.71 bits per heavy atom. The van der Waals surface area contributed by atoms with Crippen molar-refractivity contribution < 1.29 is 0 Å². The first-order valence-corrected chi connectivity index (χ1v) is 4.99. The predicted octanol–water partition coefficient (Wildman–Crippen LogP) is 2.47. The fraction of sp³-hybridized carbons (Fsp3) is 0.100. The van der Waals surface area contributed by atoms with Crippen molar-refractivity contribution in [1.82, 2.24) is 4.98 Å². The molecule has 2 aromatic rings. The quantitative estimate of drug-likeness (QED) is 0.756. The topological polar surface area (TPSA) is 64.9 Å². The van der Waals surface area contributed by atoms with Crippen LogP contribution in [0.15, 0.2) is 22.8 Å². The van der Waals surface area contributed by atoms with Crippen molar-refractivity contribution in [2.45, 2.75) is 6.92 Å². The lowest BCUT2D eigenvalue weighted by Crippen LogP contribution is -1.97. The molecule has 0 saturated carbocycles. The van der Waals surface area contributed by atoms with Crippen LogP contribution >= 0.6 is 15.9 Å². The fourth-order valence-corrected chi connectivity index (χ4v) is 1.82. The minimum absolute atomic E-state index is 0.522. The third-order valence-corrected chi connectivity index (χ3v) is 3.24. The molecule has 72 valence electrons. The number of pyridine rings is 1. The lowest BCUT2D eigenvalue weighted by Gasteiger charge is -2.07. The minimum atomic E-state index is 0.522. The normalized spacial score (nSPS) is 10.7. The molecule has 0 aliphatic heterocycles. The van der Waals surface area contributed by atoms with Crippen molar-refractivity contribution in [2.24, 2.45) is 0 Å². The summed E-state index contributed by atoms with van der Waals surface area (Å²) >= 11 is 3.48. The van der Waals surface area contributed by atoms with Crippen LogP contribution in [0.3, 0.4) is 0 Å². The van der Waals surface area contributed by atoms with E-state index in [-0.39, 0.29) is 0 Å². The van der Waals surface area contributed by atoms with Crippen LogP contribution in [0.4, 0.5) is 11.4 Å². The highest BCUT2D eigenvalue weighted by Gasteiger charge is 2.07. The maximum absolute atomic E-state index is 5.85. The number of fused-ring (bicyclic) bond motifs is 1. The molecule has 0 radical (unpaired) electrons. The van der Waals surface area contributed by atoms with Crippen LogP contribution in [0, 0.1) is 6.92 Å². The maximum atomic E-state index is 5.85. The lowest BCUT2D eigenvalue weighted by molar-refractivity contribution is 1.37. The average Bonchev–Trinajstić information content (AvgIpc) is 2.17. The van der Waals surface area contributed by atoms with E-state index in [1.54, 1.807) is 6.20 Å². The highest BCUT2D eigenvalue weighted by atomic mass is 79.9. The summed E-state index contributed by atoms with van der Waals surface area (Å²) in [6.45, 7) is 2.01. The predicted molar refractivity (Wildman–Crippen MR) is 63.0 cm³/mol. The Kier molecular flexibility index (Phi) is 2.07. The van der Waals surface area contributed by atoms with Crippen LogP contribution in [-0.4, -0.2) is 4.98 Å². The number of rotatable bonds is 0. The van der Waals surface area contributed by atoms with Gasteiger partial charge >= 0.3 is 0 Å². The molecule has 4 N–H and O–H groups in total. The summed E-state index contributed by atoms with van der Waals surface area (Å²) in [5, 5.41) is 0.891. The average molecular weight is 252 g/mol. The third kappa shape index (κ3) is 1.23. The molecule has 0 fully saturated rings. The summed E-state index contributed by atoms with van der Waals surface area (Å²) < 4.78 is 0.974. The molecule has 3 nitrogen and oxygen atoms in total. The fourth-order valence-electron chi connectivity index (χ4n) is 1.37. The first kappa shape index (κ1) is 9.27. The van der Waals surface area contributed by atoms with Gasteiger partial charge < -0.3 is 11.5 Å². The van der Waals surface area contributed by atoms with Gasteiger partial charge in [0, 0.05) is 9.86 Å². The van der Waals surface area contributed by atoms with E-state index in [1.807, 2.05) is 19.1 Å². The van der Waals surface area contributed by atoms with E-state index < -0.39 is 0 Å². The molecule has 0 atom stereocenters. The number of nitrogens with zero attached hydrogens (tertiary/aromatic N) is 1. The van der Waals surface area contributed by atoms with Gasteiger partial charge in [0.25, 0.3) is 0 Å². The number of nitrogens with two attached hydrogens (primary N) is 2. The summed E-state index contributed by atoms with van der Waals surface area (Å²) in [7, 11) is 0. The van der Waals surface area contributed by atoms with E-state index >= 15 is 0 Å². The summed E-state index contributed by atoms with van der Waals surface area (Å²) in [6.07, 6.45) is 1.59. The molecule has 0 saturated heterocycles. The molecule has 1 heterocycles. The third-order valence-electron chi connectivity index (χ3n) is 2.24. The van der Waals surface area contributed by atoms with Crippen LogP contribution in [0.2, 0.25) is 0 Å². The Balaban J connectivity index is 2.94.